The zero-order valence-electron chi connectivity index (χ0n) is 16.8. The molecule has 0 radical (unpaired) electrons. The van der Waals surface area contributed by atoms with Crippen LogP contribution in [0, 0.1) is 0 Å². The van der Waals surface area contributed by atoms with Crippen LogP contribution in [0.4, 0.5) is 5.69 Å². The van der Waals surface area contributed by atoms with Gasteiger partial charge in [-0.05, 0) is 23.8 Å². The number of ether oxygens (including phenoxy) is 2. The van der Waals surface area contributed by atoms with Gasteiger partial charge in [0.2, 0.25) is 5.75 Å². The van der Waals surface area contributed by atoms with Crippen molar-refractivity contribution in [1.82, 2.24) is 15.2 Å². The van der Waals surface area contributed by atoms with Crippen LogP contribution in [0.2, 0.25) is 0 Å². The minimum Gasteiger partial charge on any atom is -0.502 e. The zero-order chi connectivity index (χ0) is 21.7. The second-order valence-electron chi connectivity index (χ2n) is 7.15. The summed E-state index contributed by atoms with van der Waals surface area (Å²) in [6, 6.07) is 10.7. The van der Waals surface area contributed by atoms with Crippen LogP contribution in [0.1, 0.15) is 27.7 Å². The van der Waals surface area contributed by atoms with E-state index < -0.39 is 5.91 Å². The molecule has 9 nitrogen and oxygen atoms in total. The Hall–Kier alpha value is -4.27. The minimum absolute atomic E-state index is 0.0794. The highest BCUT2D eigenvalue weighted by atomic mass is 16.5. The molecule has 2 aromatic carbocycles. The standard InChI is InChI=1S/C22H19N5O4/c1-30-14-7-10(8-15(31-2)20(14)28)18-12-9-24-22-17(12)16(19(21(23)29)26-27-22)11-5-3-4-6-13(11)25-18/h3-9,18,25,28H,1-2H3,(H2,23,29)(H,24,27). The number of para-hydroxylation sites is 1. The lowest BCUT2D eigenvalue weighted by atomic mass is 9.95. The fraction of sp³-hybridized carbons (Fsp3) is 0.136. The van der Waals surface area contributed by atoms with Crippen LogP contribution in [0.3, 0.4) is 0 Å². The van der Waals surface area contributed by atoms with E-state index in [9.17, 15) is 9.90 Å². The molecule has 1 aliphatic heterocycles. The molecule has 2 aromatic heterocycles. The Balaban J connectivity index is 1.85. The number of H-pyrrole nitrogens is 1. The van der Waals surface area contributed by atoms with Crippen LogP contribution < -0.4 is 20.5 Å². The Morgan fingerprint density at radius 3 is 2.52 bits per heavy atom. The molecule has 31 heavy (non-hydrogen) atoms. The number of rotatable bonds is 4. The van der Waals surface area contributed by atoms with Gasteiger partial charge in [-0.2, -0.15) is 0 Å². The smallest absolute Gasteiger partial charge is 0.269 e. The summed E-state index contributed by atoms with van der Waals surface area (Å²) in [7, 11) is 2.96. The molecule has 4 aromatic rings. The first kappa shape index (κ1) is 18.7. The van der Waals surface area contributed by atoms with E-state index >= 15 is 0 Å². The number of methoxy groups -OCH3 is 2. The van der Waals surface area contributed by atoms with Crippen molar-refractivity contribution in [3.63, 3.8) is 0 Å². The number of carbonyl (C=O) groups is 1. The van der Waals surface area contributed by atoms with E-state index in [-0.39, 0.29) is 29.0 Å². The molecule has 0 aliphatic carbocycles. The van der Waals surface area contributed by atoms with E-state index in [4.69, 9.17) is 15.2 Å². The number of phenols is 1. The first-order valence-electron chi connectivity index (χ1n) is 9.51. The number of hydrogen-bond acceptors (Lipinski definition) is 7. The molecule has 9 heteroatoms. The lowest BCUT2D eigenvalue weighted by Gasteiger charge is -2.21. The third-order valence-electron chi connectivity index (χ3n) is 5.50. The molecular weight excluding hydrogens is 398 g/mol. The maximum atomic E-state index is 12.2. The number of anilines is 1. The van der Waals surface area contributed by atoms with Gasteiger partial charge >= 0.3 is 0 Å². The molecule has 1 atom stereocenters. The fourth-order valence-corrected chi connectivity index (χ4v) is 4.10. The number of phenolic OH excluding ortho intramolecular Hbond substituents is 1. The number of aromatic hydroxyl groups is 1. The van der Waals surface area contributed by atoms with Crippen molar-refractivity contribution < 1.29 is 19.4 Å². The SMILES string of the molecule is COc1cc(C2Nc3ccccc3-c3c(C(N)=O)nnc4[nH]cc2c34)cc(OC)c1O. The summed E-state index contributed by atoms with van der Waals surface area (Å²) in [6.07, 6.45) is 1.82. The number of primary amides is 1. The predicted molar refractivity (Wildman–Crippen MR) is 115 cm³/mol. The van der Waals surface area contributed by atoms with Crippen molar-refractivity contribution in [2.24, 2.45) is 5.73 Å². The van der Waals surface area contributed by atoms with Crippen molar-refractivity contribution in [1.29, 1.82) is 0 Å². The lowest BCUT2D eigenvalue weighted by molar-refractivity contribution is 0.0995. The Morgan fingerprint density at radius 1 is 1.13 bits per heavy atom. The molecule has 1 aliphatic rings. The van der Waals surface area contributed by atoms with Crippen LogP contribution in [0.5, 0.6) is 17.2 Å². The summed E-state index contributed by atoms with van der Waals surface area (Å²) in [5, 5.41) is 22.9. The predicted octanol–water partition coefficient (Wildman–Crippen LogP) is 2.96. The molecule has 1 unspecified atom stereocenters. The van der Waals surface area contributed by atoms with Crippen LogP contribution in [0.15, 0.2) is 42.6 Å². The van der Waals surface area contributed by atoms with Gasteiger partial charge < -0.3 is 30.6 Å². The molecule has 156 valence electrons. The maximum absolute atomic E-state index is 12.2. The van der Waals surface area contributed by atoms with Gasteiger partial charge in [0.05, 0.1) is 20.3 Å². The zero-order valence-corrected chi connectivity index (χ0v) is 16.8. The number of carbonyl (C=O) groups excluding carboxylic acids is 1. The topological polar surface area (TPSA) is 135 Å². The normalized spacial score (nSPS) is 14.5. The monoisotopic (exact) mass is 417 g/mol. The first-order valence-corrected chi connectivity index (χ1v) is 9.51. The average molecular weight is 417 g/mol. The second kappa shape index (κ2) is 6.91. The number of aromatic amines is 1. The van der Waals surface area contributed by atoms with E-state index in [0.29, 0.717) is 11.2 Å². The quantitative estimate of drug-likeness (QED) is 0.401. The van der Waals surface area contributed by atoms with Crippen molar-refractivity contribution in [2.45, 2.75) is 6.04 Å². The van der Waals surface area contributed by atoms with Crippen molar-refractivity contribution in [2.75, 3.05) is 19.5 Å². The summed E-state index contributed by atoms with van der Waals surface area (Å²) in [4.78, 5) is 15.3. The van der Waals surface area contributed by atoms with Crippen LogP contribution in [-0.4, -0.2) is 40.4 Å². The molecule has 0 spiro atoms. The van der Waals surface area contributed by atoms with Gasteiger partial charge in [0.15, 0.2) is 22.8 Å². The largest absolute Gasteiger partial charge is 0.502 e. The maximum Gasteiger partial charge on any atom is 0.269 e. The van der Waals surface area contributed by atoms with Crippen LogP contribution in [0.25, 0.3) is 22.2 Å². The molecule has 0 bridgehead atoms. The molecule has 5 N–H and O–H groups in total. The van der Waals surface area contributed by atoms with Crippen molar-refractivity contribution >= 4 is 22.6 Å². The van der Waals surface area contributed by atoms with E-state index in [1.54, 1.807) is 12.1 Å². The van der Waals surface area contributed by atoms with Gasteiger partial charge in [0.1, 0.15) is 0 Å². The molecular formula is C22H19N5O4. The van der Waals surface area contributed by atoms with Gasteiger partial charge in [0, 0.05) is 34.0 Å². The molecule has 1 amide bonds. The summed E-state index contributed by atoms with van der Waals surface area (Å²) in [6.45, 7) is 0. The molecule has 3 heterocycles. The van der Waals surface area contributed by atoms with E-state index in [2.05, 4.69) is 20.5 Å². The minimum atomic E-state index is -0.655. The van der Waals surface area contributed by atoms with E-state index in [1.807, 2.05) is 30.5 Å². The van der Waals surface area contributed by atoms with Gasteiger partial charge in [0.25, 0.3) is 5.91 Å². The molecule has 0 saturated carbocycles. The number of aromatic nitrogens is 3. The third kappa shape index (κ3) is 2.74. The fourth-order valence-electron chi connectivity index (χ4n) is 4.10. The highest BCUT2D eigenvalue weighted by Gasteiger charge is 2.30. The molecule has 5 rings (SSSR count). The van der Waals surface area contributed by atoms with E-state index in [0.717, 1.165) is 27.8 Å². The number of hydrogen-bond donors (Lipinski definition) is 4. The van der Waals surface area contributed by atoms with Gasteiger partial charge in [-0.15, -0.1) is 10.2 Å². The molecule has 0 saturated heterocycles. The summed E-state index contributed by atoms with van der Waals surface area (Å²) in [5.41, 5.74) is 10.1. The van der Waals surface area contributed by atoms with Crippen molar-refractivity contribution in [3.8, 4) is 28.4 Å². The first-order chi connectivity index (χ1) is 15.0. The Labute approximate surface area is 176 Å². The third-order valence-corrected chi connectivity index (χ3v) is 5.50. The Morgan fingerprint density at radius 2 is 1.84 bits per heavy atom. The number of amides is 1. The number of fused-ring (bicyclic) bond motifs is 2. The van der Waals surface area contributed by atoms with Gasteiger partial charge in [-0.3, -0.25) is 4.79 Å². The number of nitrogens with zero attached hydrogens (tertiary/aromatic N) is 2. The van der Waals surface area contributed by atoms with Gasteiger partial charge in [-0.25, -0.2) is 0 Å². The van der Waals surface area contributed by atoms with Crippen molar-refractivity contribution in [3.05, 3.63) is 59.4 Å². The van der Waals surface area contributed by atoms with Gasteiger partial charge in [-0.1, -0.05) is 18.2 Å². The Bertz CT molecular complexity index is 1320. The highest BCUT2D eigenvalue weighted by molar-refractivity contribution is 6.10. The highest BCUT2D eigenvalue weighted by Crippen LogP contribution is 2.47. The molecule has 0 fully saturated rings. The number of nitrogens with two attached hydrogens (primary N) is 1. The summed E-state index contributed by atoms with van der Waals surface area (Å²) in [5.74, 6) is -0.167. The van der Waals surface area contributed by atoms with Crippen LogP contribution >= 0.6 is 0 Å². The van der Waals surface area contributed by atoms with E-state index in [1.165, 1.54) is 14.2 Å². The number of nitrogens with one attached hydrogen (secondary N) is 2. The summed E-state index contributed by atoms with van der Waals surface area (Å²) >= 11 is 0. The average Bonchev–Trinajstić information content (AvgIpc) is 3.14. The second-order valence-corrected chi connectivity index (χ2v) is 7.15. The summed E-state index contributed by atoms with van der Waals surface area (Å²) < 4.78 is 10.7. The number of benzene rings is 2. The lowest BCUT2D eigenvalue weighted by Crippen LogP contribution is -2.15. The Kier molecular flexibility index (Phi) is 4.18. The van der Waals surface area contributed by atoms with Crippen LogP contribution in [-0.2, 0) is 0 Å².